The van der Waals surface area contributed by atoms with E-state index in [-0.39, 0.29) is 11.7 Å². The van der Waals surface area contributed by atoms with Crippen molar-refractivity contribution < 1.29 is 9.18 Å². The number of benzene rings is 1. The van der Waals surface area contributed by atoms with Crippen LogP contribution in [0.15, 0.2) is 35.7 Å². The highest BCUT2D eigenvalue weighted by atomic mass is 32.1. The highest BCUT2D eigenvalue weighted by Gasteiger charge is 2.07. The van der Waals surface area contributed by atoms with E-state index in [9.17, 15) is 9.18 Å². The molecule has 21 heavy (non-hydrogen) atoms. The molecule has 2 aromatic rings. The zero-order valence-electron chi connectivity index (χ0n) is 12.2. The van der Waals surface area contributed by atoms with Crippen LogP contribution in [0.5, 0.6) is 0 Å². The van der Waals surface area contributed by atoms with Crippen molar-refractivity contribution in [2.45, 2.75) is 13.0 Å². The van der Waals surface area contributed by atoms with Crippen LogP contribution in [0.25, 0.3) is 10.4 Å². The highest BCUT2D eigenvalue weighted by Crippen LogP contribution is 2.28. The van der Waals surface area contributed by atoms with Crippen LogP contribution in [-0.2, 0) is 11.3 Å². The first kappa shape index (κ1) is 15.7. The summed E-state index contributed by atoms with van der Waals surface area (Å²) < 4.78 is 13.9. The maximum atomic E-state index is 13.9. The standard InChI is InChI=1S/C16H19FN2OS/c1-19(2)16(20)7-8-18-11-12-5-6-14(17)13(10-12)15-4-3-9-21-15/h3-6,9-10,18H,7-8,11H2,1-2H3. The van der Waals surface area contributed by atoms with E-state index in [1.54, 1.807) is 25.1 Å². The van der Waals surface area contributed by atoms with Gasteiger partial charge in [0.05, 0.1) is 0 Å². The minimum Gasteiger partial charge on any atom is -0.349 e. The van der Waals surface area contributed by atoms with Gasteiger partial charge in [0, 0.05) is 44.0 Å². The lowest BCUT2D eigenvalue weighted by atomic mass is 10.1. The Morgan fingerprint density at radius 2 is 2.14 bits per heavy atom. The van der Waals surface area contributed by atoms with Gasteiger partial charge in [-0.25, -0.2) is 4.39 Å². The van der Waals surface area contributed by atoms with E-state index in [1.807, 2.05) is 23.6 Å². The first-order valence-corrected chi connectivity index (χ1v) is 7.69. The van der Waals surface area contributed by atoms with Crippen LogP contribution in [0.3, 0.4) is 0 Å². The Balaban J connectivity index is 1.93. The Morgan fingerprint density at radius 3 is 2.81 bits per heavy atom. The topological polar surface area (TPSA) is 32.3 Å². The Hall–Kier alpha value is -1.72. The molecule has 3 nitrogen and oxygen atoms in total. The maximum Gasteiger partial charge on any atom is 0.223 e. The first-order chi connectivity index (χ1) is 10.1. The number of carbonyl (C=O) groups is 1. The number of nitrogens with zero attached hydrogens (tertiary/aromatic N) is 1. The van der Waals surface area contributed by atoms with E-state index in [2.05, 4.69) is 5.32 Å². The molecular formula is C16H19FN2OS. The zero-order valence-corrected chi connectivity index (χ0v) is 13.0. The lowest BCUT2D eigenvalue weighted by Gasteiger charge is -2.11. The molecule has 0 saturated heterocycles. The first-order valence-electron chi connectivity index (χ1n) is 6.81. The van der Waals surface area contributed by atoms with Crippen molar-refractivity contribution in [3.63, 3.8) is 0 Å². The molecule has 112 valence electrons. The summed E-state index contributed by atoms with van der Waals surface area (Å²) in [5.41, 5.74) is 1.64. The molecule has 0 atom stereocenters. The summed E-state index contributed by atoms with van der Waals surface area (Å²) in [6.07, 6.45) is 0.464. The molecule has 5 heteroatoms. The van der Waals surface area contributed by atoms with Crippen molar-refractivity contribution in [2.24, 2.45) is 0 Å². The average Bonchev–Trinajstić information content (AvgIpc) is 2.98. The van der Waals surface area contributed by atoms with Gasteiger partial charge in [-0.1, -0.05) is 12.1 Å². The molecule has 0 unspecified atom stereocenters. The lowest BCUT2D eigenvalue weighted by molar-refractivity contribution is -0.128. The van der Waals surface area contributed by atoms with Crippen molar-refractivity contribution in [2.75, 3.05) is 20.6 Å². The van der Waals surface area contributed by atoms with Crippen molar-refractivity contribution in [3.8, 4) is 10.4 Å². The number of thiophene rings is 1. The fourth-order valence-electron chi connectivity index (χ4n) is 1.95. The molecule has 1 amide bonds. The van der Waals surface area contributed by atoms with E-state index < -0.39 is 0 Å². The molecule has 0 saturated carbocycles. The second kappa shape index (κ2) is 7.33. The Labute approximate surface area is 128 Å². The number of hydrogen-bond acceptors (Lipinski definition) is 3. The van der Waals surface area contributed by atoms with Gasteiger partial charge in [-0.05, 0) is 29.1 Å². The predicted molar refractivity (Wildman–Crippen MR) is 84.7 cm³/mol. The second-order valence-corrected chi connectivity index (χ2v) is 5.95. The minimum atomic E-state index is -0.205. The number of nitrogens with one attached hydrogen (secondary N) is 1. The van der Waals surface area contributed by atoms with Gasteiger partial charge in [-0.15, -0.1) is 11.3 Å². The van der Waals surface area contributed by atoms with Gasteiger partial charge >= 0.3 is 0 Å². The van der Waals surface area contributed by atoms with E-state index >= 15 is 0 Å². The molecule has 2 rings (SSSR count). The summed E-state index contributed by atoms with van der Waals surface area (Å²) in [5, 5.41) is 5.15. The van der Waals surface area contributed by atoms with Crippen molar-refractivity contribution in [1.82, 2.24) is 10.2 Å². The number of amides is 1. The summed E-state index contributed by atoms with van der Waals surface area (Å²) in [6.45, 7) is 1.24. The van der Waals surface area contributed by atoms with Crippen LogP contribution in [-0.4, -0.2) is 31.4 Å². The quantitative estimate of drug-likeness (QED) is 0.832. The van der Waals surface area contributed by atoms with Crippen molar-refractivity contribution >= 4 is 17.2 Å². The average molecular weight is 306 g/mol. The van der Waals surface area contributed by atoms with E-state index in [1.165, 1.54) is 17.4 Å². The van der Waals surface area contributed by atoms with Gasteiger partial charge in [0.15, 0.2) is 0 Å². The molecule has 1 aromatic heterocycles. The number of carbonyl (C=O) groups excluding carboxylic acids is 1. The maximum absolute atomic E-state index is 13.9. The largest absolute Gasteiger partial charge is 0.349 e. The number of hydrogen-bond donors (Lipinski definition) is 1. The molecule has 0 spiro atoms. The summed E-state index contributed by atoms with van der Waals surface area (Å²) in [4.78, 5) is 14.0. The SMILES string of the molecule is CN(C)C(=O)CCNCc1ccc(F)c(-c2cccs2)c1. The van der Waals surface area contributed by atoms with Crippen LogP contribution in [0.2, 0.25) is 0 Å². The zero-order chi connectivity index (χ0) is 15.2. The van der Waals surface area contributed by atoms with Gasteiger partial charge in [0.1, 0.15) is 5.82 Å². The van der Waals surface area contributed by atoms with Gasteiger partial charge in [-0.3, -0.25) is 4.79 Å². The molecule has 0 aliphatic heterocycles. The predicted octanol–water partition coefficient (Wildman–Crippen LogP) is 3.12. The molecule has 1 aromatic carbocycles. The molecule has 0 bridgehead atoms. The van der Waals surface area contributed by atoms with Crippen molar-refractivity contribution in [1.29, 1.82) is 0 Å². The van der Waals surface area contributed by atoms with Crippen LogP contribution in [0.4, 0.5) is 4.39 Å². The summed E-state index contributed by atoms with van der Waals surface area (Å²) in [5.74, 6) is -0.107. The third-order valence-electron chi connectivity index (χ3n) is 3.16. The summed E-state index contributed by atoms with van der Waals surface area (Å²) in [6, 6.07) is 8.96. The van der Waals surface area contributed by atoms with Crippen LogP contribution in [0.1, 0.15) is 12.0 Å². The van der Waals surface area contributed by atoms with Gasteiger partial charge in [-0.2, -0.15) is 0 Å². The molecule has 0 radical (unpaired) electrons. The van der Waals surface area contributed by atoms with Crippen LogP contribution < -0.4 is 5.32 Å². The highest BCUT2D eigenvalue weighted by molar-refractivity contribution is 7.13. The number of halogens is 1. The molecular weight excluding hydrogens is 287 g/mol. The Morgan fingerprint density at radius 1 is 1.33 bits per heavy atom. The molecule has 1 N–H and O–H groups in total. The van der Waals surface area contributed by atoms with E-state index in [0.29, 0.717) is 25.1 Å². The summed E-state index contributed by atoms with van der Waals surface area (Å²) >= 11 is 1.52. The van der Waals surface area contributed by atoms with Gasteiger partial charge < -0.3 is 10.2 Å². The third-order valence-corrected chi connectivity index (χ3v) is 4.06. The molecule has 0 aliphatic carbocycles. The molecule has 1 heterocycles. The molecule has 0 fully saturated rings. The molecule has 0 aliphatic rings. The minimum absolute atomic E-state index is 0.0980. The van der Waals surface area contributed by atoms with E-state index in [4.69, 9.17) is 0 Å². The van der Waals surface area contributed by atoms with Gasteiger partial charge in [0.2, 0.25) is 5.91 Å². The number of rotatable bonds is 6. The fraction of sp³-hybridized carbons (Fsp3) is 0.312. The smallest absolute Gasteiger partial charge is 0.223 e. The fourth-order valence-corrected chi connectivity index (χ4v) is 2.70. The third kappa shape index (κ3) is 4.37. The van der Waals surface area contributed by atoms with Crippen LogP contribution >= 0.6 is 11.3 Å². The van der Waals surface area contributed by atoms with Crippen LogP contribution in [0, 0.1) is 5.82 Å². The lowest BCUT2D eigenvalue weighted by Crippen LogP contribution is -2.26. The Bertz CT molecular complexity index is 596. The summed E-state index contributed by atoms with van der Waals surface area (Å²) in [7, 11) is 3.49. The second-order valence-electron chi connectivity index (χ2n) is 5.01. The van der Waals surface area contributed by atoms with Crippen molar-refractivity contribution in [3.05, 3.63) is 47.1 Å². The van der Waals surface area contributed by atoms with Gasteiger partial charge in [0.25, 0.3) is 0 Å². The normalized spacial score (nSPS) is 10.6. The Kier molecular flexibility index (Phi) is 5.47. The van der Waals surface area contributed by atoms with E-state index in [0.717, 1.165) is 10.4 Å². The monoisotopic (exact) mass is 306 g/mol.